The lowest BCUT2D eigenvalue weighted by molar-refractivity contribution is -0.122. The summed E-state index contributed by atoms with van der Waals surface area (Å²) in [5.41, 5.74) is 2.60. The van der Waals surface area contributed by atoms with Gasteiger partial charge in [0.1, 0.15) is 21.5 Å². The van der Waals surface area contributed by atoms with Crippen molar-refractivity contribution in [3.8, 4) is 5.75 Å². The standard InChI is InChI=1S/C29H34N4O3S2/c1-4-5-6-7-8-9-16-30-26-23(27(34)32-18-20(2)10-15-25(32)31-26)17-24-28(35)33(29(37)38-24)19-21-11-13-22(36-3)14-12-21/h10-15,17-18,30H,4-9,16,19H2,1-3H3/b24-17-. The predicted octanol–water partition coefficient (Wildman–Crippen LogP) is 6.19. The van der Waals surface area contributed by atoms with Gasteiger partial charge in [-0.2, -0.15) is 0 Å². The molecule has 200 valence electrons. The molecule has 3 aromatic rings. The van der Waals surface area contributed by atoms with Crippen LogP contribution in [0.1, 0.15) is 62.1 Å². The molecule has 0 radical (unpaired) electrons. The molecule has 2 aromatic heterocycles. The van der Waals surface area contributed by atoms with Crippen LogP contribution in [0.3, 0.4) is 0 Å². The van der Waals surface area contributed by atoms with E-state index in [-0.39, 0.29) is 11.5 Å². The summed E-state index contributed by atoms with van der Waals surface area (Å²) in [5.74, 6) is 1.03. The normalized spacial score (nSPS) is 14.6. The average molecular weight is 551 g/mol. The number of aromatic nitrogens is 2. The molecule has 1 saturated heterocycles. The second-order valence-corrected chi connectivity index (χ2v) is 11.1. The molecule has 1 aromatic carbocycles. The molecule has 1 aliphatic rings. The van der Waals surface area contributed by atoms with Crippen LogP contribution in [0.4, 0.5) is 5.82 Å². The first kappa shape index (κ1) is 27.9. The van der Waals surface area contributed by atoms with E-state index < -0.39 is 0 Å². The number of aryl methyl sites for hydroxylation is 1. The first-order valence-electron chi connectivity index (χ1n) is 13.1. The summed E-state index contributed by atoms with van der Waals surface area (Å²) in [6.07, 6.45) is 10.5. The van der Waals surface area contributed by atoms with Gasteiger partial charge >= 0.3 is 0 Å². The molecular weight excluding hydrogens is 516 g/mol. The molecule has 1 aliphatic heterocycles. The summed E-state index contributed by atoms with van der Waals surface area (Å²) in [5, 5.41) is 3.37. The molecule has 0 saturated carbocycles. The van der Waals surface area contributed by atoms with E-state index >= 15 is 0 Å². The van der Waals surface area contributed by atoms with E-state index in [9.17, 15) is 9.59 Å². The number of anilines is 1. The van der Waals surface area contributed by atoms with Crippen molar-refractivity contribution < 1.29 is 9.53 Å². The molecule has 0 unspecified atom stereocenters. The maximum absolute atomic E-state index is 13.6. The number of methoxy groups -OCH3 is 1. The van der Waals surface area contributed by atoms with Crippen molar-refractivity contribution in [2.24, 2.45) is 0 Å². The number of benzene rings is 1. The fourth-order valence-corrected chi connectivity index (χ4v) is 5.55. The van der Waals surface area contributed by atoms with E-state index in [1.165, 1.54) is 41.8 Å². The van der Waals surface area contributed by atoms with Gasteiger partial charge in [-0.25, -0.2) is 4.98 Å². The van der Waals surface area contributed by atoms with Crippen molar-refractivity contribution in [2.75, 3.05) is 19.0 Å². The Balaban J connectivity index is 1.59. The number of nitrogens with one attached hydrogen (secondary N) is 1. The summed E-state index contributed by atoms with van der Waals surface area (Å²) >= 11 is 6.75. The zero-order valence-electron chi connectivity index (χ0n) is 22.2. The number of unbranched alkanes of at least 4 members (excludes halogenated alkanes) is 5. The highest BCUT2D eigenvalue weighted by Crippen LogP contribution is 2.34. The molecule has 4 rings (SSSR count). The lowest BCUT2D eigenvalue weighted by atomic mass is 10.1. The van der Waals surface area contributed by atoms with Crippen LogP contribution in [0.15, 0.2) is 52.3 Å². The van der Waals surface area contributed by atoms with Gasteiger partial charge in [0.25, 0.3) is 11.5 Å². The predicted molar refractivity (Wildman–Crippen MR) is 160 cm³/mol. The summed E-state index contributed by atoms with van der Waals surface area (Å²) in [6, 6.07) is 11.3. The smallest absolute Gasteiger partial charge is 0.267 e. The van der Waals surface area contributed by atoms with E-state index in [0.29, 0.717) is 39.3 Å². The van der Waals surface area contributed by atoms with Crippen molar-refractivity contribution >= 4 is 51.7 Å². The van der Waals surface area contributed by atoms with E-state index in [1.54, 1.807) is 24.3 Å². The number of carbonyl (C=O) groups excluding carboxylic acids is 1. The van der Waals surface area contributed by atoms with Gasteiger partial charge in [0.2, 0.25) is 0 Å². The monoisotopic (exact) mass is 550 g/mol. The summed E-state index contributed by atoms with van der Waals surface area (Å²) < 4.78 is 7.22. The topological polar surface area (TPSA) is 75.9 Å². The Hall–Kier alpha value is -3.17. The van der Waals surface area contributed by atoms with Gasteiger partial charge in [0.15, 0.2) is 0 Å². The Bertz CT molecular complexity index is 1400. The number of thiocarbonyl (C=S) groups is 1. The van der Waals surface area contributed by atoms with Crippen molar-refractivity contribution in [3.05, 3.63) is 74.5 Å². The number of fused-ring (bicyclic) bond motifs is 1. The molecule has 1 amide bonds. The van der Waals surface area contributed by atoms with E-state index in [4.69, 9.17) is 21.9 Å². The van der Waals surface area contributed by atoms with Gasteiger partial charge in [-0.3, -0.25) is 18.9 Å². The number of amides is 1. The number of carbonyl (C=O) groups is 1. The summed E-state index contributed by atoms with van der Waals surface area (Å²) in [7, 11) is 1.62. The van der Waals surface area contributed by atoms with Gasteiger partial charge in [0.05, 0.1) is 24.1 Å². The molecule has 1 fully saturated rings. The Labute approximate surface area is 233 Å². The van der Waals surface area contributed by atoms with Crippen LogP contribution in [-0.4, -0.2) is 38.2 Å². The first-order chi connectivity index (χ1) is 18.4. The van der Waals surface area contributed by atoms with Crippen molar-refractivity contribution in [1.29, 1.82) is 0 Å². The van der Waals surface area contributed by atoms with Crippen LogP contribution in [0, 0.1) is 6.92 Å². The molecule has 0 aliphatic carbocycles. The third-order valence-corrected chi connectivity index (χ3v) is 7.85. The van der Waals surface area contributed by atoms with E-state index in [2.05, 4.69) is 12.2 Å². The largest absolute Gasteiger partial charge is 0.497 e. The van der Waals surface area contributed by atoms with Crippen molar-refractivity contribution in [2.45, 2.75) is 58.9 Å². The number of ether oxygens (including phenoxy) is 1. The van der Waals surface area contributed by atoms with Crippen LogP contribution >= 0.6 is 24.0 Å². The number of pyridine rings is 1. The zero-order valence-corrected chi connectivity index (χ0v) is 23.8. The molecule has 9 heteroatoms. The van der Waals surface area contributed by atoms with Crippen LogP contribution < -0.4 is 15.6 Å². The van der Waals surface area contributed by atoms with Crippen LogP contribution in [-0.2, 0) is 11.3 Å². The Morgan fingerprint density at radius 2 is 1.79 bits per heavy atom. The summed E-state index contributed by atoms with van der Waals surface area (Å²) in [4.78, 5) is 33.6. The van der Waals surface area contributed by atoms with Crippen LogP contribution in [0.5, 0.6) is 5.75 Å². The molecule has 38 heavy (non-hydrogen) atoms. The highest BCUT2D eigenvalue weighted by atomic mass is 32.2. The van der Waals surface area contributed by atoms with Crippen LogP contribution in [0.25, 0.3) is 11.7 Å². The molecule has 7 nitrogen and oxygen atoms in total. The molecule has 3 heterocycles. The number of nitrogens with zero attached hydrogens (tertiary/aromatic N) is 3. The van der Waals surface area contributed by atoms with E-state index in [0.717, 1.165) is 29.7 Å². The highest BCUT2D eigenvalue weighted by molar-refractivity contribution is 8.26. The Morgan fingerprint density at radius 3 is 2.53 bits per heavy atom. The number of thioether (sulfide) groups is 1. The quantitative estimate of drug-likeness (QED) is 0.164. The highest BCUT2D eigenvalue weighted by Gasteiger charge is 2.32. The minimum Gasteiger partial charge on any atom is -0.497 e. The fourth-order valence-electron chi connectivity index (χ4n) is 4.32. The average Bonchev–Trinajstić information content (AvgIpc) is 3.18. The Kier molecular flexibility index (Phi) is 9.58. The maximum Gasteiger partial charge on any atom is 0.267 e. The van der Waals surface area contributed by atoms with Crippen molar-refractivity contribution in [1.82, 2.24) is 14.3 Å². The van der Waals surface area contributed by atoms with Gasteiger partial charge in [0, 0.05) is 12.7 Å². The number of hydrogen-bond acceptors (Lipinski definition) is 7. The SMILES string of the molecule is CCCCCCCCNc1nc2ccc(C)cn2c(=O)c1/C=C1\SC(=S)N(Cc2ccc(OC)cc2)C1=O. The van der Waals surface area contributed by atoms with E-state index in [1.807, 2.05) is 43.3 Å². The number of hydrogen-bond donors (Lipinski definition) is 1. The molecule has 0 spiro atoms. The van der Waals surface area contributed by atoms with Gasteiger partial charge in [-0.15, -0.1) is 0 Å². The minimum atomic E-state index is -0.218. The third kappa shape index (κ3) is 6.63. The summed E-state index contributed by atoms with van der Waals surface area (Å²) in [6.45, 7) is 5.20. The Morgan fingerprint density at radius 1 is 1.05 bits per heavy atom. The van der Waals surface area contributed by atoms with Crippen LogP contribution in [0.2, 0.25) is 0 Å². The fraction of sp³-hybridized carbons (Fsp3) is 0.379. The van der Waals surface area contributed by atoms with Crippen molar-refractivity contribution in [3.63, 3.8) is 0 Å². The molecular formula is C29H34N4O3S2. The lowest BCUT2D eigenvalue weighted by Gasteiger charge is -2.15. The molecule has 0 bridgehead atoms. The maximum atomic E-state index is 13.6. The lowest BCUT2D eigenvalue weighted by Crippen LogP contribution is -2.27. The second kappa shape index (κ2) is 13.1. The zero-order chi connectivity index (χ0) is 27.1. The minimum absolute atomic E-state index is 0.216. The van der Waals surface area contributed by atoms with Gasteiger partial charge in [-0.1, -0.05) is 81.2 Å². The first-order valence-corrected chi connectivity index (χ1v) is 14.3. The molecule has 1 N–H and O–H groups in total. The van der Waals surface area contributed by atoms with Gasteiger partial charge in [-0.05, 0) is 48.7 Å². The molecule has 0 atom stereocenters. The third-order valence-electron chi connectivity index (χ3n) is 6.48. The van der Waals surface area contributed by atoms with Gasteiger partial charge < -0.3 is 10.1 Å². The second-order valence-electron chi connectivity index (χ2n) is 9.42. The number of rotatable bonds is 12.